The molecule has 0 aliphatic heterocycles. The fourth-order valence-electron chi connectivity index (χ4n) is 2.27. The fourth-order valence-corrected chi connectivity index (χ4v) is 2.27. The van der Waals surface area contributed by atoms with E-state index >= 15 is 0 Å². The fraction of sp³-hybridized carbons (Fsp3) is 0.286. The summed E-state index contributed by atoms with van der Waals surface area (Å²) in [7, 11) is 1.71. The third kappa shape index (κ3) is 1.78. The van der Waals surface area contributed by atoms with Gasteiger partial charge in [-0.25, -0.2) is 0 Å². The maximum Gasteiger partial charge on any atom is 0.202 e. The first-order valence-electron chi connectivity index (χ1n) is 5.96. The molecule has 0 fully saturated rings. The molecule has 0 radical (unpaired) electrons. The molecule has 2 aromatic rings. The first-order chi connectivity index (χ1) is 8.90. The van der Waals surface area contributed by atoms with Gasteiger partial charge >= 0.3 is 0 Å². The van der Waals surface area contributed by atoms with E-state index in [9.17, 15) is 14.7 Å². The van der Waals surface area contributed by atoms with Crippen LogP contribution < -0.4 is 10.7 Å². The van der Waals surface area contributed by atoms with Gasteiger partial charge in [-0.05, 0) is 31.9 Å². The van der Waals surface area contributed by atoms with Crippen molar-refractivity contribution >= 4 is 22.4 Å². The summed E-state index contributed by atoms with van der Waals surface area (Å²) in [5.41, 5.74) is 2.19. The van der Waals surface area contributed by atoms with Crippen molar-refractivity contribution in [2.24, 2.45) is 0 Å². The molecular formula is C14H16N2O3. The maximum absolute atomic E-state index is 12.4. The van der Waals surface area contributed by atoms with Gasteiger partial charge in [0, 0.05) is 13.2 Å². The number of ketones is 1. The van der Waals surface area contributed by atoms with Crippen LogP contribution in [0.15, 0.2) is 11.0 Å². The molecule has 19 heavy (non-hydrogen) atoms. The summed E-state index contributed by atoms with van der Waals surface area (Å²) >= 11 is 0. The molecule has 0 aliphatic rings. The molecule has 100 valence electrons. The smallest absolute Gasteiger partial charge is 0.202 e. The zero-order valence-electron chi connectivity index (χ0n) is 11.3. The molecule has 5 heteroatoms. The van der Waals surface area contributed by atoms with E-state index in [-0.39, 0.29) is 22.5 Å². The zero-order valence-corrected chi connectivity index (χ0v) is 11.3. The number of hydrogen-bond acceptors (Lipinski definition) is 4. The number of rotatable bonds is 2. The van der Waals surface area contributed by atoms with E-state index < -0.39 is 0 Å². The van der Waals surface area contributed by atoms with Gasteiger partial charge in [0.2, 0.25) is 5.43 Å². The lowest BCUT2D eigenvalue weighted by Gasteiger charge is -2.14. The minimum Gasteiger partial charge on any atom is -0.505 e. The number of benzene rings is 1. The molecule has 0 unspecified atom stereocenters. The summed E-state index contributed by atoms with van der Waals surface area (Å²) < 4.78 is 0. The first-order valence-corrected chi connectivity index (χ1v) is 5.96. The van der Waals surface area contributed by atoms with E-state index in [0.29, 0.717) is 22.2 Å². The number of hydrogen-bond donors (Lipinski definition) is 3. The number of carbonyl (C=O) groups excluding carboxylic acids is 1. The number of anilines is 1. The third-order valence-corrected chi connectivity index (χ3v) is 3.49. The van der Waals surface area contributed by atoms with Gasteiger partial charge in [-0.3, -0.25) is 9.59 Å². The molecule has 0 aliphatic carbocycles. The molecule has 0 saturated heterocycles. The minimum atomic E-state index is -0.371. The van der Waals surface area contributed by atoms with Crippen molar-refractivity contribution in [3.8, 4) is 5.75 Å². The largest absolute Gasteiger partial charge is 0.505 e. The lowest BCUT2D eigenvalue weighted by atomic mass is 9.99. The lowest BCUT2D eigenvalue weighted by Crippen LogP contribution is -2.16. The van der Waals surface area contributed by atoms with Crippen molar-refractivity contribution in [1.29, 1.82) is 0 Å². The monoisotopic (exact) mass is 260 g/mol. The first kappa shape index (κ1) is 13.1. The summed E-state index contributed by atoms with van der Waals surface area (Å²) in [5, 5.41) is 13.4. The Morgan fingerprint density at radius 2 is 1.95 bits per heavy atom. The summed E-state index contributed by atoms with van der Waals surface area (Å²) in [6.45, 7) is 4.94. The van der Waals surface area contributed by atoms with Crippen LogP contribution in [0.4, 0.5) is 5.69 Å². The highest BCUT2D eigenvalue weighted by molar-refractivity contribution is 6.03. The van der Waals surface area contributed by atoms with Crippen molar-refractivity contribution in [2.75, 3.05) is 12.4 Å². The van der Waals surface area contributed by atoms with Crippen LogP contribution >= 0.6 is 0 Å². The maximum atomic E-state index is 12.4. The Balaban J connectivity index is 3.09. The number of fused-ring (bicyclic) bond motifs is 1. The van der Waals surface area contributed by atoms with Crippen LogP contribution in [0.3, 0.4) is 0 Å². The molecule has 5 nitrogen and oxygen atoms in total. The van der Waals surface area contributed by atoms with Crippen molar-refractivity contribution < 1.29 is 9.90 Å². The van der Waals surface area contributed by atoms with Gasteiger partial charge in [-0.2, -0.15) is 0 Å². The molecule has 3 N–H and O–H groups in total. The zero-order chi connectivity index (χ0) is 14.3. The number of aromatic amines is 1. The number of Topliss-reactive ketones (excluding diaryl/α,β-unsaturated/α-hetero) is 1. The van der Waals surface area contributed by atoms with E-state index in [4.69, 9.17) is 0 Å². The van der Waals surface area contributed by atoms with Gasteiger partial charge in [0.25, 0.3) is 0 Å². The molecule has 0 saturated carbocycles. The van der Waals surface area contributed by atoms with Crippen LogP contribution in [0.2, 0.25) is 0 Å². The quantitative estimate of drug-likeness (QED) is 0.570. The molecule has 0 amide bonds. The van der Waals surface area contributed by atoms with Crippen molar-refractivity contribution in [3.63, 3.8) is 0 Å². The number of carbonyl (C=O) groups is 1. The average Bonchev–Trinajstić information content (AvgIpc) is 2.37. The summed E-state index contributed by atoms with van der Waals surface area (Å²) in [6.07, 6.45) is 1.35. The summed E-state index contributed by atoms with van der Waals surface area (Å²) in [5.74, 6) is -0.262. The predicted molar refractivity (Wildman–Crippen MR) is 75.3 cm³/mol. The Labute approximate surface area is 110 Å². The molecular weight excluding hydrogens is 244 g/mol. The van der Waals surface area contributed by atoms with E-state index in [1.54, 1.807) is 14.0 Å². The van der Waals surface area contributed by atoms with Crippen LogP contribution in [-0.4, -0.2) is 22.9 Å². The number of H-pyrrole nitrogens is 1. The number of phenols is 1. The molecule has 1 aromatic heterocycles. The Bertz CT molecular complexity index is 745. The van der Waals surface area contributed by atoms with Gasteiger partial charge < -0.3 is 15.4 Å². The van der Waals surface area contributed by atoms with Crippen LogP contribution in [-0.2, 0) is 0 Å². The Hall–Kier alpha value is -2.30. The van der Waals surface area contributed by atoms with Gasteiger partial charge in [0.1, 0.15) is 5.75 Å². The van der Waals surface area contributed by atoms with Crippen LogP contribution in [0.5, 0.6) is 5.75 Å². The molecule has 2 rings (SSSR count). The number of aromatic hydroxyl groups is 1. The number of phenolic OH excluding ortho intramolecular Hbond substituents is 1. The van der Waals surface area contributed by atoms with Gasteiger partial charge in [0.15, 0.2) is 5.78 Å². The number of nitrogens with one attached hydrogen (secondary N) is 2. The number of pyridine rings is 1. The molecule has 0 spiro atoms. The highest BCUT2D eigenvalue weighted by atomic mass is 16.3. The van der Waals surface area contributed by atoms with E-state index in [1.807, 2.05) is 6.92 Å². The summed E-state index contributed by atoms with van der Waals surface area (Å²) in [6, 6.07) is 0. The predicted octanol–water partition coefficient (Wildman–Crippen LogP) is 2.09. The second-order valence-electron chi connectivity index (χ2n) is 4.56. The Morgan fingerprint density at radius 3 is 2.47 bits per heavy atom. The lowest BCUT2D eigenvalue weighted by molar-refractivity contribution is 0.101. The highest BCUT2D eigenvalue weighted by Crippen LogP contribution is 2.34. The minimum absolute atomic E-state index is 0.0405. The van der Waals surface area contributed by atoms with Gasteiger partial charge in [-0.1, -0.05) is 0 Å². The van der Waals surface area contributed by atoms with E-state index in [1.165, 1.54) is 13.1 Å². The van der Waals surface area contributed by atoms with E-state index in [2.05, 4.69) is 10.3 Å². The normalized spacial score (nSPS) is 10.7. The van der Waals surface area contributed by atoms with Crippen LogP contribution in [0.1, 0.15) is 28.4 Å². The van der Waals surface area contributed by atoms with Gasteiger partial charge in [0.05, 0.1) is 22.2 Å². The standard InChI is InChI=1S/C14H16N2O3/c1-6-7(2)13(18)12-10(11(6)15-4)14(19)9(5-16-12)8(3)17/h5,15,18H,1-4H3,(H,16,19). The van der Waals surface area contributed by atoms with Crippen LogP contribution in [0, 0.1) is 13.8 Å². The summed E-state index contributed by atoms with van der Waals surface area (Å²) in [4.78, 5) is 26.7. The second kappa shape index (κ2) is 4.42. The van der Waals surface area contributed by atoms with Crippen molar-refractivity contribution in [1.82, 2.24) is 4.98 Å². The second-order valence-corrected chi connectivity index (χ2v) is 4.56. The average molecular weight is 260 g/mol. The van der Waals surface area contributed by atoms with Crippen LogP contribution in [0.25, 0.3) is 10.9 Å². The van der Waals surface area contributed by atoms with Crippen molar-refractivity contribution in [3.05, 3.63) is 33.1 Å². The van der Waals surface area contributed by atoms with Crippen molar-refractivity contribution in [2.45, 2.75) is 20.8 Å². The molecule has 1 aromatic carbocycles. The molecule has 0 bridgehead atoms. The van der Waals surface area contributed by atoms with E-state index in [0.717, 1.165) is 5.56 Å². The highest BCUT2D eigenvalue weighted by Gasteiger charge is 2.18. The third-order valence-electron chi connectivity index (χ3n) is 3.49. The number of aromatic nitrogens is 1. The Kier molecular flexibility index (Phi) is 3.06. The molecule has 1 heterocycles. The Morgan fingerprint density at radius 1 is 1.32 bits per heavy atom. The van der Waals surface area contributed by atoms with Gasteiger partial charge in [-0.15, -0.1) is 0 Å². The molecule has 0 atom stereocenters. The SMILES string of the molecule is CNc1c(C)c(C)c(O)c2[nH]cc(C(C)=O)c(=O)c12. The topological polar surface area (TPSA) is 82.2 Å².